The second kappa shape index (κ2) is 8.30. The van der Waals surface area contributed by atoms with Crippen LogP contribution in [0.2, 0.25) is 5.02 Å². The van der Waals surface area contributed by atoms with Gasteiger partial charge in [-0.15, -0.1) is 18.0 Å². The van der Waals surface area contributed by atoms with Crippen LogP contribution in [0.3, 0.4) is 0 Å². The molecule has 0 aliphatic heterocycles. The van der Waals surface area contributed by atoms with Gasteiger partial charge >= 0.3 is 0 Å². The first-order valence-electron chi connectivity index (χ1n) is 10.5. The van der Waals surface area contributed by atoms with Gasteiger partial charge in [0.1, 0.15) is 17.5 Å². The SMILES string of the molecule is C#CC1(NC(=O)c2cc(NC(=O)C3C(c4cc(F)cc(C(C)F)c4)C3(C)Cl)ccc2Cl)CC1. The van der Waals surface area contributed by atoms with Crippen LogP contribution in [-0.4, -0.2) is 22.2 Å². The highest BCUT2D eigenvalue weighted by Crippen LogP contribution is 2.62. The van der Waals surface area contributed by atoms with E-state index in [2.05, 4.69) is 16.6 Å². The number of carbonyl (C=O) groups excluding carboxylic acids is 2. The van der Waals surface area contributed by atoms with Gasteiger partial charge in [-0.1, -0.05) is 23.6 Å². The fourth-order valence-corrected chi connectivity index (χ4v) is 4.78. The summed E-state index contributed by atoms with van der Waals surface area (Å²) in [5, 5.41) is 5.77. The molecule has 4 atom stereocenters. The lowest BCUT2D eigenvalue weighted by atomic mass is 10.0. The molecule has 0 saturated heterocycles. The Morgan fingerprint density at radius 3 is 2.55 bits per heavy atom. The second-order valence-corrected chi connectivity index (χ2v) is 10.1. The van der Waals surface area contributed by atoms with E-state index in [1.165, 1.54) is 31.2 Å². The number of terminal acetylenes is 1. The van der Waals surface area contributed by atoms with E-state index in [1.54, 1.807) is 13.0 Å². The minimum absolute atomic E-state index is 0.184. The zero-order chi connectivity index (χ0) is 24.1. The lowest BCUT2D eigenvalue weighted by Crippen LogP contribution is -2.35. The van der Waals surface area contributed by atoms with Crippen LogP contribution >= 0.6 is 23.2 Å². The van der Waals surface area contributed by atoms with Gasteiger partial charge in [-0.3, -0.25) is 9.59 Å². The average Bonchev–Trinajstić information content (AvgIpc) is 3.63. The number of anilines is 1. The van der Waals surface area contributed by atoms with Crippen molar-refractivity contribution in [3.63, 3.8) is 0 Å². The Labute approximate surface area is 201 Å². The topological polar surface area (TPSA) is 58.2 Å². The average molecular weight is 491 g/mol. The molecule has 4 unspecified atom stereocenters. The predicted molar refractivity (Wildman–Crippen MR) is 125 cm³/mol. The van der Waals surface area contributed by atoms with E-state index in [0.29, 0.717) is 24.1 Å². The van der Waals surface area contributed by atoms with E-state index in [0.717, 1.165) is 6.07 Å². The van der Waals surface area contributed by atoms with Crippen LogP contribution in [-0.2, 0) is 4.79 Å². The van der Waals surface area contributed by atoms with Crippen LogP contribution in [0.15, 0.2) is 36.4 Å². The molecule has 4 rings (SSSR count). The third-order valence-corrected chi connectivity index (χ3v) is 7.14. The van der Waals surface area contributed by atoms with Crippen molar-refractivity contribution in [2.45, 2.75) is 49.2 Å². The molecule has 4 nitrogen and oxygen atoms in total. The van der Waals surface area contributed by atoms with Crippen molar-refractivity contribution < 1.29 is 18.4 Å². The highest BCUT2D eigenvalue weighted by molar-refractivity contribution is 6.34. The fourth-order valence-electron chi connectivity index (χ4n) is 4.17. The Balaban J connectivity index is 1.52. The van der Waals surface area contributed by atoms with Gasteiger partial charge in [-0.2, -0.15) is 0 Å². The standard InChI is InChI=1S/C25H22Cl2F2N2O2/c1-4-25(7-8-25)31-22(32)18-12-17(5-6-19(18)26)30-23(33)21-20(24(21,3)27)15-9-14(13(2)28)10-16(29)11-15/h1,5-6,9-13,20-21H,7-8H2,2-3H3,(H,30,33)(H,31,32). The summed E-state index contributed by atoms with van der Waals surface area (Å²) in [6.45, 7) is 3.00. The van der Waals surface area contributed by atoms with Crippen molar-refractivity contribution in [1.29, 1.82) is 0 Å². The van der Waals surface area contributed by atoms with Crippen molar-refractivity contribution in [2.75, 3.05) is 5.32 Å². The third-order valence-electron chi connectivity index (χ3n) is 6.34. The summed E-state index contributed by atoms with van der Waals surface area (Å²) in [6.07, 6.45) is 5.52. The monoisotopic (exact) mass is 490 g/mol. The maximum Gasteiger partial charge on any atom is 0.254 e. The van der Waals surface area contributed by atoms with Crippen LogP contribution in [0.5, 0.6) is 0 Å². The van der Waals surface area contributed by atoms with Crippen molar-refractivity contribution >= 4 is 40.7 Å². The predicted octanol–water partition coefficient (Wildman–Crippen LogP) is 5.75. The number of hydrogen-bond donors (Lipinski definition) is 2. The normalized spacial score (nSPS) is 25.5. The second-order valence-electron chi connectivity index (χ2n) is 8.90. The van der Waals surface area contributed by atoms with Crippen molar-refractivity contribution in [3.8, 4) is 12.3 Å². The molecule has 0 aromatic heterocycles. The summed E-state index contributed by atoms with van der Waals surface area (Å²) >= 11 is 12.8. The molecule has 33 heavy (non-hydrogen) atoms. The quantitative estimate of drug-likeness (QED) is 0.399. The summed E-state index contributed by atoms with van der Waals surface area (Å²) in [5.74, 6) is 0.00603. The molecule has 2 saturated carbocycles. The molecule has 2 aliphatic carbocycles. The van der Waals surface area contributed by atoms with Gasteiger partial charge in [0.05, 0.1) is 21.4 Å². The molecule has 0 bridgehead atoms. The van der Waals surface area contributed by atoms with E-state index in [4.69, 9.17) is 29.6 Å². The molecular weight excluding hydrogens is 469 g/mol. The minimum atomic E-state index is -1.35. The molecule has 2 fully saturated rings. The van der Waals surface area contributed by atoms with E-state index in [9.17, 15) is 18.4 Å². The van der Waals surface area contributed by atoms with Gasteiger partial charge < -0.3 is 10.6 Å². The van der Waals surface area contributed by atoms with Gasteiger partial charge in [-0.05, 0) is 68.1 Å². The van der Waals surface area contributed by atoms with Crippen LogP contribution < -0.4 is 10.6 Å². The molecule has 2 amide bonds. The first kappa shape index (κ1) is 23.5. The summed E-state index contributed by atoms with van der Waals surface area (Å²) in [5.41, 5.74) is 0.561. The number of halogens is 4. The van der Waals surface area contributed by atoms with Crippen LogP contribution in [0.25, 0.3) is 0 Å². The van der Waals surface area contributed by atoms with E-state index >= 15 is 0 Å². The molecule has 0 heterocycles. The molecule has 2 aromatic carbocycles. The largest absolute Gasteiger partial charge is 0.336 e. The summed E-state index contributed by atoms with van der Waals surface area (Å²) in [6, 6.07) is 8.48. The summed E-state index contributed by atoms with van der Waals surface area (Å²) in [7, 11) is 0. The Morgan fingerprint density at radius 1 is 1.24 bits per heavy atom. The highest BCUT2D eigenvalue weighted by atomic mass is 35.5. The van der Waals surface area contributed by atoms with Crippen LogP contribution in [0.1, 0.15) is 60.3 Å². The number of carbonyl (C=O) groups is 2. The fraction of sp³-hybridized carbons (Fsp3) is 0.360. The summed E-state index contributed by atoms with van der Waals surface area (Å²) < 4.78 is 27.8. The lowest BCUT2D eigenvalue weighted by molar-refractivity contribution is -0.117. The van der Waals surface area contributed by atoms with Gasteiger partial charge in [0.25, 0.3) is 5.91 Å². The number of amides is 2. The molecule has 0 radical (unpaired) electrons. The Hall–Kier alpha value is -2.62. The molecule has 172 valence electrons. The summed E-state index contributed by atoms with van der Waals surface area (Å²) in [4.78, 5) is 24.7. The van der Waals surface area contributed by atoms with E-state index in [-0.39, 0.29) is 16.1 Å². The third kappa shape index (κ3) is 4.58. The van der Waals surface area contributed by atoms with E-state index in [1.807, 2.05) is 0 Å². The van der Waals surface area contributed by atoms with Gasteiger partial charge in [0, 0.05) is 11.6 Å². The molecule has 0 spiro atoms. The Morgan fingerprint density at radius 2 is 1.94 bits per heavy atom. The van der Waals surface area contributed by atoms with Gasteiger partial charge in [0.2, 0.25) is 5.91 Å². The number of nitrogens with one attached hydrogen (secondary N) is 2. The van der Waals surface area contributed by atoms with Gasteiger partial charge in [-0.25, -0.2) is 8.78 Å². The molecule has 8 heteroatoms. The molecule has 2 aromatic rings. The van der Waals surface area contributed by atoms with Crippen LogP contribution in [0.4, 0.5) is 14.5 Å². The molecular formula is C25H22Cl2F2N2O2. The zero-order valence-corrected chi connectivity index (χ0v) is 19.5. The maximum absolute atomic E-state index is 14.0. The Bertz CT molecular complexity index is 1190. The van der Waals surface area contributed by atoms with Crippen LogP contribution in [0, 0.1) is 24.1 Å². The van der Waals surface area contributed by atoms with Crippen molar-refractivity contribution in [3.05, 3.63) is 63.9 Å². The minimum Gasteiger partial charge on any atom is -0.336 e. The maximum atomic E-state index is 14.0. The first-order chi connectivity index (χ1) is 15.5. The molecule has 2 N–H and O–H groups in total. The lowest BCUT2D eigenvalue weighted by Gasteiger charge is -2.13. The van der Waals surface area contributed by atoms with Gasteiger partial charge in [0.15, 0.2) is 0 Å². The number of hydrogen-bond acceptors (Lipinski definition) is 2. The number of benzene rings is 2. The zero-order valence-electron chi connectivity index (χ0n) is 18.0. The molecule has 2 aliphatic rings. The van der Waals surface area contributed by atoms with E-state index < -0.39 is 46.1 Å². The Kier molecular flexibility index (Phi) is 5.92. The number of rotatable bonds is 6. The first-order valence-corrected chi connectivity index (χ1v) is 11.3. The highest BCUT2D eigenvalue weighted by Gasteiger charge is 2.65. The smallest absolute Gasteiger partial charge is 0.254 e. The van der Waals surface area contributed by atoms with Crippen molar-refractivity contribution in [2.24, 2.45) is 5.92 Å². The van der Waals surface area contributed by atoms with Crippen molar-refractivity contribution in [1.82, 2.24) is 5.32 Å². The number of alkyl halides is 2.